The number of rotatable bonds is 9. The van der Waals surface area contributed by atoms with Crippen LogP contribution in [-0.2, 0) is 16.4 Å². The largest absolute Gasteiger partial charge is 0.314 e. The van der Waals surface area contributed by atoms with Gasteiger partial charge in [-0.1, -0.05) is 34.1 Å². The van der Waals surface area contributed by atoms with Crippen LogP contribution in [0.4, 0.5) is 0 Å². The molecule has 0 saturated heterocycles. The Bertz CT molecular complexity index is 495. The van der Waals surface area contributed by atoms with Crippen molar-refractivity contribution in [2.75, 3.05) is 13.1 Å². The van der Waals surface area contributed by atoms with E-state index in [1.165, 1.54) is 11.3 Å². The predicted octanol–water partition coefficient (Wildman–Crippen LogP) is 2.61. The molecule has 0 spiro atoms. The Morgan fingerprint density at radius 1 is 1.25 bits per heavy atom. The van der Waals surface area contributed by atoms with Crippen molar-refractivity contribution >= 4 is 21.4 Å². The van der Waals surface area contributed by atoms with Gasteiger partial charge in [-0.3, -0.25) is 0 Å². The zero-order chi connectivity index (χ0) is 15.2. The quantitative estimate of drug-likeness (QED) is 0.736. The Kier molecular flexibility index (Phi) is 7.15. The minimum atomic E-state index is -3.34. The normalized spacial score (nSPS) is 13.8. The van der Waals surface area contributed by atoms with Crippen LogP contribution in [0.25, 0.3) is 0 Å². The molecule has 0 aliphatic carbocycles. The van der Waals surface area contributed by atoms with E-state index in [1.807, 2.05) is 13.0 Å². The number of hydrogen-bond acceptors (Lipinski definition) is 4. The van der Waals surface area contributed by atoms with Crippen LogP contribution in [0, 0.1) is 5.92 Å². The smallest absolute Gasteiger partial charge is 0.250 e. The molecule has 0 aliphatic heterocycles. The summed E-state index contributed by atoms with van der Waals surface area (Å²) in [4.78, 5) is 1.10. The molecule has 1 aromatic rings. The van der Waals surface area contributed by atoms with E-state index in [-0.39, 0.29) is 0 Å². The molecular formula is C14H26N2O2S2. The van der Waals surface area contributed by atoms with Gasteiger partial charge < -0.3 is 5.32 Å². The SMILES string of the molecule is CCC(C)CNS(=O)(=O)c1ccc(CCNC(C)C)s1. The van der Waals surface area contributed by atoms with Gasteiger partial charge in [0.25, 0.3) is 0 Å². The van der Waals surface area contributed by atoms with Crippen molar-refractivity contribution in [3.05, 3.63) is 17.0 Å². The van der Waals surface area contributed by atoms with Gasteiger partial charge in [-0.05, 0) is 24.5 Å². The lowest BCUT2D eigenvalue weighted by atomic mass is 10.1. The average molecular weight is 319 g/mol. The molecule has 0 radical (unpaired) electrons. The average Bonchev–Trinajstić information content (AvgIpc) is 2.85. The van der Waals surface area contributed by atoms with E-state index in [4.69, 9.17) is 0 Å². The lowest BCUT2D eigenvalue weighted by Gasteiger charge is -2.09. The fourth-order valence-corrected chi connectivity index (χ4v) is 4.15. The van der Waals surface area contributed by atoms with E-state index in [2.05, 4.69) is 30.8 Å². The third kappa shape index (κ3) is 5.91. The van der Waals surface area contributed by atoms with Gasteiger partial charge in [0.2, 0.25) is 10.0 Å². The zero-order valence-electron chi connectivity index (χ0n) is 12.8. The maximum Gasteiger partial charge on any atom is 0.250 e. The van der Waals surface area contributed by atoms with E-state index in [0.717, 1.165) is 24.3 Å². The van der Waals surface area contributed by atoms with Crippen LogP contribution >= 0.6 is 11.3 Å². The highest BCUT2D eigenvalue weighted by Crippen LogP contribution is 2.21. The highest BCUT2D eigenvalue weighted by molar-refractivity contribution is 7.91. The molecule has 0 aromatic carbocycles. The topological polar surface area (TPSA) is 58.2 Å². The van der Waals surface area contributed by atoms with Gasteiger partial charge in [-0.25, -0.2) is 13.1 Å². The van der Waals surface area contributed by atoms with Crippen molar-refractivity contribution in [1.29, 1.82) is 0 Å². The standard InChI is InChI=1S/C14H26N2O2S2/c1-5-12(4)10-16-20(17,18)14-7-6-13(19-14)8-9-15-11(2)3/h6-7,11-12,15-16H,5,8-10H2,1-4H3. The molecule has 1 heterocycles. The summed E-state index contributed by atoms with van der Waals surface area (Å²) >= 11 is 1.36. The predicted molar refractivity (Wildman–Crippen MR) is 85.8 cm³/mol. The van der Waals surface area contributed by atoms with Crippen LogP contribution in [0.15, 0.2) is 16.3 Å². The Morgan fingerprint density at radius 2 is 1.95 bits per heavy atom. The summed E-state index contributed by atoms with van der Waals surface area (Å²) in [6.45, 7) is 9.68. The van der Waals surface area contributed by atoms with Gasteiger partial charge in [0.15, 0.2) is 0 Å². The summed E-state index contributed by atoms with van der Waals surface area (Å²) in [6, 6.07) is 4.06. The van der Waals surface area contributed by atoms with Gasteiger partial charge in [0.1, 0.15) is 4.21 Å². The maximum atomic E-state index is 12.1. The molecule has 4 nitrogen and oxygen atoms in total. The molecule has 0 aliphatic rings. The number of nitrogens with one attached hydrogen (secondary N) is 2. The molecule has 2 N–H and O–H groups in total. The molecule has 1 unspecified atom stereocenters. The first kappa shape index (κ1) is 17.6. The molecule has 6 heteroatoms. The first-order chi connectivity index (χ1) is 9.35. The molecule has 116 valence electrons. The van der Waals surface area contributed by atoms with Gasteiger partial charge >= 0.3 is 0 Å². The maximum absolute atomic E-state index is 12.1. The van der Waals surface area contributed by atoms with Crippen molar-refractivity contribution in [2.24, 2.45) is 5.92 Å². The summed E-state index contributed by atoms with van der Waals surface area (Å²) in [5.41, 5.74) is 0. The Labute approximate surface area is 127 Å². The van der Waals surface area contributed by atoms with Crippen molar-refractivity contribution in [3.63, 3.8) is 0 Å². The highest BCUT2D eigenvalue weighted by Gasteiger charge is 2.17. The number of hydrogen-bond donors (Lipinski definition) is 2. The summed E-state index contributed by atoms with van der Waals surface area (Å²) < 4.78 is 27.4. The number of sulfonamides is 1. The second-order valence-corrected chi connectivity index (χ2v) is 8.61. The molecule has 1 atom stereocenters. The molecule has 1 rings (SSSR count). The molecule has 0 fully saturated rings. The van der Waals surface area contributed by atoms with Crippen molar-refractivity contribution in [2.45, 2.75) is 50.8 Å². The second-order valence-electron chi connectivity index (χ2n) is 5.44. The van der Waals surface area contributed by atoms with Crippen LogP contribution < -0.4 is 10.0 Å². The lowest BCUT2D eigenvalue weighted by molar-refractivity contribution is 0.529. The summed E-state index contributed by atoms with van der Waals surface area (Å²) in [5, 5.41) is 3.33. The molecule has 0 bridgehead atoms. The molecule has 1 aromatic heterocycles. The van der Waals surface area contributed by atoms with Crippen LogP contribution in [0.2, 0.25) is 0 Å². The van der Waals surface area contributed by atoms with Crippen molar-refractivity contribution < 1.29 is 8.42 Å². The van der Waals surface area contributed by atoms with E-state index in [1.54, 1.807) is 6.07 Å². The van der Waals surface area contributed by atoms with Crippen LogP contribution in [-0.4, -0.2) is 27.5 Å². The molecule has 20 heavy (non-hydrogen) atoms. The zero-order valence-corrected chi connectivity index (χ0v) is 14.4. The molecule has 0 saturated carbocycles. The minimum Gasteiger partial charge on any atom is -0.314 e. The first-order valence-electron chi connectivity index (χ1n) is 7.17. The Hall–Kier alpha value is -0.430. The monoisotopic (exact) mass is 318 g/mol. The molecular weight excluding hydrogens is 292 g/mol. The fraction of sp³-hybridized carbons (Fsp3) is 0.714. The van der Waals surface area contributed by atoms with Gasteiger partial charge in [0, 0.05) is 24.0 Å². The van der Waals surface area contributed by atoms with Crippen LogP contribution in [0.1, 0.15) is 39.0 Å². The van der Waals surface area contributed by atoms with Crippen LogP contribution in [0.5, 0.6) is 0 Å². The first-order valence-corrected chi connectivity index (χ1v) is 9.47. The van der Waals surface area contributed by atoms with Gasteiger partial charge in [-0.15, -0.1) is 11.3 Å². The summed E-state index contributed by atoms with van der Waals surface area (Å²) in [7, 11) is -3.34. The fourth-order valence-electron chi connectivity index (χ4n) is 1.59. The third-order valence-electron chi connectivity index (χ3n) is 3.14. The minimum absolute atomic E-state index is 0.361. The van der Waals surface area contributed by atoms with Crippen LogP contribution in [0.3, 0.4) is 0 Å². The van der Waals surface area contributed by atoms with Crippen molar-refractivity contribution in [1.82, 2.24) is 10.0 Å². The van der Waals surface area contributed by atoms with E-state index >= 15 is 0 Å². The lowest BCUT2D eigenvalue weighted by Crippen LogP contribution is -2.27. The Balaban J connectivity index is 2.56. The molecule has 0 amide bonds. The Morgan fingerprint density at radius 3 is 2.55 bits per heavy atom. The third-order valence-corrected chi connectivity index (χ3v) is 6.20. The van der Waals surface area contributed by atoms with Crippen molar-refractivity contribution in [3.8, 4) is 0 Å². The highest BCUT2D eigenvalue weighted by atomic mass is 32.2. The van der Waals surface area contributed by atoms with Gasteiger partial charge in [0.05, 0.1) is 0 Å². The summed E-state index contributed by atoms with van der Waals surface area (Å²) in [6.07, 6.45) is 1.84. The van der Waals surface area contributed by atoms with E-state index < -0.39 is 10.0 Å². The van der Waals surface area contributed by atoms with Gasteiger partial charge in [-0.2, -0.15) is 0 Å². The van der Waals surface area contributed by atoms with E-state index in [0.29, 0.717) is 22.7 Å². The number of thiophene rings is 1. The van der Waals surface area contributed by atoms with E-state index in [9.17, 15) is 8.42 Å². The second kappa shape index (κ2) is 8.12. The summed E-state index contributed by atoms with van der Waals surface area (Å²) in [5.74, 6) is 0.361.